The largest absolute Gasteiger partial charge is 0.481 e. The first-order valence-corrected chi connectivity index (χ1v) is 49.7. The van der Waals surface area contributed by atoms with Crippen molar-refractivity contribution in [2.24, 2.45) is 17.6 Å². The number of primary amides is 1. The van der Waals surface area contributed by atoms with Gasteiger partial charge in [0, 0.05) is 121 Å². The van der Waals surface area contributed by atoms with E-state index in [1.165, 1.54) is 28.4 Å². The van der Waals surface area contributed by atoms with E-state index < -0.39 is 97.6 Å². The third-order valence-corrected chi connectivity index (χ3v) is 23.3. The second kappa shape index (κ2) is 73.9. The van der Waals surface area contributed by atoms with Gasteiger partial charge in [-0.1, -0.05) is 151 Å². The number of carbonyl (C=O) groups excluding carboxylic acids is 9. The van der Waals surface area contributed by atoms with Crippen LogP contribution in [0.25, 0.3) is 10.9 Å². The number of aliphatic hydroxyl groups is 5. The van der Waals surface area contributed by atoms with E-state index in [2.05, 4.69) is 59.4 Å². The van der Waals surface area contributed by atoms with E-state index in [0.717, 1.165) is 21.9 Å². The van der Waals surface area contributed by atoms with Crippen LogP contribution in [0, 0.1) is 18.8 Å². The van der Waals surface area contributed by atoms with Crippen molar-refractivity contribution in [3.63, 3.8) is 0 Å². The maximum atomic E-state index is 14.6. The molecule has 17 N–H and O–H groups in total. The predicted octanol–water partition coefficient (Wildman–Crippen LogP) is 8.94. The summed E-state index contributed by atoms with van der Waals surface area (Å²) in [5.74, 6) is -1.80. The Morgan fingerprint density at radius 1 is 0.545 bits per heavy atom. The second-order valence-corrected chi connectivity index (χ2v) is 35.3. The van der Waals surface area contributed by atoms with Gasteiger partial charge in [-0.05, 0) is 140 Å². The Balaban J connectivity index is 0.000000713. The van der Waals surface area contributed by atoms with Crippen LogP contribution in [0.4, 0.5) is 29.7 Å². The quantitative estimate of drug-likeness (QED) is 0.00732. The Morgan fingerprint density at radius 3 is 1.55 bits per heavy atom. The number of rotatable bonds is 64. The molecule has 0 spiro atoms. The van der Waals surface area contributed by atoms with E-state index in [0.29, 0.717) is 89.3 Å². The topological polar surface area (TPSA) is 588 Å². The first kappa shape index (κ1) is 126. The molecular weight excluding hydrogens is 1920 g/mol. The van der Waals surface area contributed by atoms with Gasteiger partial charge in [0.25, 0.3) is 11.5 Å². The number of aromatic nitrogens is 3. The number of hydrogen-bond acceptors (Lipinski definition) is 33. The number of urea groups is 1. The number of carboxylic acids is 1. The number of benzene rings is 4. The molecule has 43 nitrogen and oxygen atoms in total. The van der Waals surface area contributed by atoms with E-state index >= 15 is 0 Å². The minimum atomic E-state index is -1.04. The third kappa shape index (κ3) is 52.3. The maximum absolute atomic E-state index is 14.6. The van der Waals surface area contributed by atoms with Crippen molar-refractivity contribution in [1.29, 1.82) is 0 Å². The molecule has 0 aliphatic heterocycles. The van der Waals surface area contributed by atoms with Crippen molar-refractivity contribution < 1.29 is 135 Å². The van der Waals surface area contributed by atoms with Gasteiger partial charge in [-0.3, -0.25) is 33.3 Å². The fourth-order valence-corrected chi connectivity index (χ4v) is 14.6. The van der Waals surface area contributed by atoms with Crippen LogP contribution in [0.15, 0.2) is 144 Å². The summed E-state index contributed by atoms with van der Waals surface area (Å²) in [5.41, 5.74) is 9.15. The molecular formula is C97H147ClN14O29S2. The lowest BCUT2D eigenvalue weighted by atomic mass is 9.98. The molecule has 0 fully saturated rings. The van der Waals surface area contributed by atoms with Crippen molar-refractivity contribution in [2.75, 3.05) is 138 Å². The summed E-state index contributed by atoms with van der Waals surface area (Å²) < 4.78 is 63.5. The van der Waals surface area contributed by atoms with Crippen LogP contribution in [0.5, 0.6) is 0 Å². The first-order valence-electron chi connectivity index (χ1n) is 47.0. The van der Waals surface area contributed by atoms with Gasteiger partial charge in [0.15, 0.2) is 25.2 Å². The summed E-state index contributed by atoms with van der Waals surface area (Å²) in [7, 11) is 8.82. The van der Waals surface area contributed by atoms with Gasteiger partial charge in [-0.15, -0.1) is 0 Å². The Hall–Kier alpha value is -11.1. The number of hydrogen-bond donors (Lipinski definition) is 16. The number of aliphatic hydroxyl groups excluding tert-OH is 5. The Labute approximate surface area is 848 Å². The third-order valence-electron chi connectivity index (χ3n) is 20.7. The molecule has 6 rings (SSSR count). The van der Waals surface area contributed by atoms with Crippen LogP contribution in [0.2, 0.25) is 5.02 Å². The van der Waals surface area contributed by atoms with Gasteiger partial charge in [0.1, 0.15) is 49.4 Å². The lowest BCUT2D eigenvalue weighted by Gasteiger charge is -2.35. The average molecular weight is 2070 g/mol. The lowest BCUT2D eigenvalue weighted by molar-refractivity contribution is -0.181. The number of aliphatic carboxylic acids is 1. The number of ether oxygens (including phenoxy) is 12. The van der Waals surface area contributed by atoms with Crippen LogP contribution in [0.1, 0.15) is 159 Å². The van der Waals surface area contributed by atoms with E-state index in [-0.39, 0.29) is 178 Å². The fraction of sp³-hybridized carbons (Fsp3) is 0.557. The molecule has 0 aliphatic carbocycles. The standard InChI is InChI=1S/C61H81ClN10O12.C18H29N3O6S2.C11H21NO7.C7H16O4/c1-9-47(35-73)84-51(81-8)37-83-61(80)66-31-28-41(7)67-52(38(2)3)56(75)70-49(17-13-29-64-59(63)78)55(74)68-46-25-20-43(21-26-46)36-82-60(79)65-30-14-32-71(57(76)44-22-18-40(6)19-23-44)53(39(4)5)54-69-50-33-45(62)24-27-48(50)58(77)72(54)34-42-15-11-10-12-16-42;1-3-14(12-22)27-17(25-2)13-26-18(24)21-9-7-15(23)19-10-11-28-29-16-6-4-5-8-20-16;1-3-8(6-13)19-10(17-2)7-18-11(16)12-5-4-9(14)15;1-3-6(4-8)11-7(5-9)10-2/h10-12,15-16,18-27,33,38-39,47,49,51-53,67,73H,7,9,13-14,17,28-32,34-37H2,1-6,8H3,(H,65,79)(H,66,80)(H,68,74)(H,70,75)(H3,63,64,78);4-6,8,14,17,22H,3,7,9-13H2,1-2H3,(H,19,23)(H,21,24);8,10,13H,3-7H2,1-2H3,(H,12,16)(H,14,15);6-9H,3-5H2,1-2H3/t47?,49-,51?,52-,53-;;;/m1.../s1. The fourth-order valence-electron chi connectivity index (χ4n) is 12.7. The van der Waals surface area contributed by atoms with E-state index in [9.17, 15) is 57.8 Å². The summed E-state index contributed by atoms with van der Waals surface area (Å²) in [5, 5.41) is 79.1. The van der Waals surface area contributed by atoms with Gasteiger partial charge in [0.05, 0.1) is 87.4 Å². The van der Waals surface area contributed by atoms with E-state index in [1.807, 2.05) is 123 Å². The zero-order valence-corrected chi connectivity index (χ0v) is 86.1. The van der Waals surface area contributed by atoms with Crippen molar-refractivity contribution in [2.45, 2.75) is 212 Å². The molecule has 8 unspecified atom stereocenters. The highest BCUT2D eigenvalue weighted by Crippen LogP contribution is 2.32. The molecule has 0 radical (unpaired) electrons. The highest BCUT2D eigenvalue weighted by Gasteiger charge is 2.35. The summed E-state index contributed by atoms with van der Waals surface area (Å²) in [6, 6.07) is 30.8. The number of amides is 10. The van der Waals surface area contributed by atoms with Crippen LogP contribution in [-0.2, 0) is 89.2 Å². The Kier molecular flexibility index (Phi) is 65.1. The van der Waals surface area contributed by atoms with E-state index in [1.54, 1.807) is 91.8 Å². The molecule has 46 heteroatoms. The monoisotopic (exact) mass is 2070 g/mol. The molecule has 0 aliphatic rings. The van der Waals surface area contributed by atoms with Crippen molar-refractivity contribution in [3.05, 3.63) is 177 Å². The number of carbonyl (C=O) groups is 10. The number of fused-ring (bicyclic) bond motifs is 1. The molecule has 798 valence electrons. The normalized spacial score (nSPS) is 13.3. The second-order valence-electron chi connectivity index (χ2n) is 32.5. The van der Waals surface area contributed by atoms with Gasteiger partial charge in [-0.2, -0.15) is 0 Å². The minimum Gasteiger partial charge on any atom is -0.481 e. The predicted molar refractivity (Wildman–Crippen MR) is 538 cm³/mol. The summed E-state index contributed by atoms with van der Waals surface area (Å²) in [6.07, 6.45) is -2.19. The van der Waals surface area contributed by atoms with Crippen LogP contribution in [-0.4, -0.2) is 305 Å². The molecule has 0 saturated heterocycles. The van der Waals surface area contributed by atoms with Crippen LogP contribution >= 0.6 is 33.2 Å². The van der Waals surface area contributed by atoms with Gasteiger partial charge >= 0.3 is 36.4 Å². The smallest absolute Gasteiger partial charge is 0.407 e. The number of anilines is 1. The SMILES string of the molecule is C=C(CCNC(=O)OCC(OC)OC(CC)CO)N[C@@H](C(=O)N[C@H](CCCNC(N)=O)C(=O)Nc1ccc(COC(=O)NCCCN(C(=O)c2ccc(C)cc2)[C@@H](c2nc3cc(Cl)ccc3c(=O)n2Cc2ccccc2)C(C)C)cc1)C(C)C.CCC(CO)OC(CO)OC.CCC(CO)OC(COC(=O)NCCC(=O)NCCSSc1ccccn1)OC.CCC(CO)OC(COC(=O)NCCC(=O)O)OC. The summed E-state index contributed by atoms with van der Waals surface area (Å²) in [6.45, 7) is 21.1. The zero-order chi connectivity index (χ0) is 106. The van der Waals surface area contributed by atoms with Gasteiger partial charge < -0.3 is 146 Å². The molecule has 0 bridgehead atoms. The van der Waals surface area contributed by atoms with Crippen LogP contribution < -0.4 is 59.1 Å². The molecule has 11 atom stereocenters. The number of nitrogens with two attached hydrogens (primary N) is 1. The number of pyridine rings is 1. The van der Waals surface area contributed by atoms with Crippen molar-refractivity contribution >= 4 is 110 Å². The lowest BCUT2D eigenvalue weighted by Crippen LogP contribution is -2.53. The molecule has 10 amide bonds. The minimum absolute atomic E-state index is 0.0130. The number of nitrogens with one attached hydrogen (secondary N) is 9. The molecule has 2 heterocycles. The van der Waals surface area contributed by atoms with Crippen molar-refractivity contribution in [3.8, 4) is 0 Å². The molecule has 4 aromatic carbocycles. The number of alkyl carbamates (subject to hydrolysis) is 4. The number of halogens is 1. The molecule has 6 aromatic rings. The zero-order valence-electron chi connectivity index (χ0n) is 83.7. The Bertz CT molecular complexity index is 4720. The number of aryl methyl sites for hydroxylation is 1. The summed E-state index contributed by atoms with van der Waals surface area (Å²) >= 11 is 6.42. The first-order chi connectivity index (χ1) is 68.6. The number of methoxy groups -OCH3 is 4. The van der Waals surface area contributed by atoms with Gasteiger partial charge in [0.2, 0.25) is 17.7 Å². The highest BCUT2D eigenvalue weighted by molar-refractivity contribution is 8.76. The van der Waals surface area contributed by atoms with Gasteiger partial charge in [-0.25, -0.2) is 33.9 Å². The number of nitrogens with zero attached hydrogens (tertiary/aromatic N) is 4. The Morgan fingerprint density at radius 2 is 1.06 bits per heavy atom. The molecule has 143 heavy (non-hydrogen) atoms. The van der Waals surface area contributed by atoms with Crippen molar-refractivity contribution in [1.82, 2.24) is 62.0 Å². The maximum Gasteiger partial charge on any atom is 0.407 e. The molecule has 2 aromatic heterocycles. The average Bonchev–Trinajstić information content (AvgIpc) is 0.757. The highest BCUT2D eigenvalue weighted by atomic mass is 35.5. The van der Waals surface area contributed by atoms with Crippen LogP contribution in [0.3, 0.4) is 0 Å². The number of carboxylic acid groups (broad SMARTS) is 1. The molecule has 0 saturated carbocycles. The summed E-state index contributed by atoms with van der Waals surface area (Å²) in [4.78, 5) is 149. The van der Waals surface area contributed by atoms with E-state index in [4.69, 9.17) is 105 Å².